The van der Waals surface area contributed by atoms with E-state index in [4.69, 9.17) is 19.5 Å². The summed E-state index contributed by atoms with van der Waals surface area (Å²) in [6, 6.07) is 9.22. The predicted octanol–water partition coefficient (Wildman–Crippen LogP) is 4.18. The number of aromatic amines is 1. The molecular formula is C20H13F4N3O4. The molecule has 3 aromatic rings. The lowest BCUT2D eigenvalue weighted by Gasteiger charge is -2.13. The first kappa shape index (κ1) is 21.6. The molecule has 0 bridgehead atoms. The maximum absolute atomic E-state index is 14.4. The average molecular weight is 435 g/mol. The molecule has 1 N–H and O–H groups in total. The number of aromatic nitrogens is 2. The Bertz CT molecular complexity index is 1200. The average Bonchev–Trinajstić information content (AvgIpc) is 2.73. The molecule has 1 aromatic heterocycles. The minimum Gasteiger partial charge on any atom is -0.481 e. The topological polar surface area (TPSA) is 97.2 Å². The van der Waals surface area contributed by atoms with Crippen molar-refractivity contribution in [2.75, 3.05) is 7.11 Å². The van der Waals surface area contributed by atoms with Crippen LogP contribution in [0.2, 0.25) is 0 Å². The molecule has 0 aliphatic heterocycles. The quantitative estimate of drug-likeness (QED) is 0.584. The van der Waals surface area contributed by atoms with Crippen LogP contribution in [0.4, 0.5) is 17.6 Å². The molecule has 0 atom stereocenters. The van der Waals surface area contributed by atoms with Crippen LogP contribution in [-0.4, -0.2) is 17.1 Å². The number of hydrogen-bond donors (Lipinski definition) is 1. The summed E-state index contributed by atoms with van der Waals surface area (Å²) in [5, 5.41) is 8.82. The van der Waals surface area contributed by atoms with E-state index in [9.17, 15) is 22.4 Å². The summed E-state index contributed by atoms with van der Waals surface area (Å²) in [6.07, 6.45) is -4.76. The SMILES string of the molecule is COc1cc(OCc2ccc(Oc3ccc(C#N)c(C(F)(F)F)c3)c(F)c2)[nH]c(=O)n1. The van der Waals surface area contributed by atoms with E-state index in [1.165, 1.54) is 31.4 Å². The van der Waals surface area contributed by atoms with Crippen molar-refractivity contribution in [3.63, 3.8) is 0 Å². The largest absolute Gasteiger partial charge is 0.481 e. The van der Waals surface area contributed by atoms with Gasteiger partial charge in [-0.3, -0.25) is 4.98 Å². The monoisotopic (exact) mass is 435 g/mol. The van der Waals surface area contributed by atoms with Crippen molar-refractivity contribution >= 4 is 0 Å². The third kappa shape index (κ3) is 5.30. The van der Waals surface area contributed by atoms with Crippen LogP contribution >= 0.6 is 0 Å². The predicted molar refractivity (Wildman–Crippen MR) is 98.4 cm³/mol. The van der Waals surface area contributed by atoms with Gasteiger partial charge in [0.2, 0.25) is 11.8 Å². The number of halogens is 4. The summed E-state index contributed by atoms with van der Waals surface area (Å²) in [7, 11) is 1.32. The van der Waals surface area contributed by atoms with E-state index in [1.54, 1.807) is 0 Å². The number of hydrogen-bond acceptors (Lipinski definition) is 6. The molecule has 0 aliphatic carbocycles. The first-order chi connectivity index (χ1) is 14.7. The normalized spacial score (nSPS) is 11.0. The molecule has 0 saturated heterocycles. The summed E-state index contributed by atoms with van der Waals surface area (Å²) in [4.78, 5) is 17.3. The minimum absolute atomic E-state index is 0.0364. The molecule has 0 radical (unpaired) electrons. The Labute approximate surface area is 172 Å². The van der Waals surface area contributed by atoms with Gasteiger partial charge in [-0.05, 0) is 35.9 Å². The molecule has 160 valence electrons. The van der Waals surface area contributed by atoms with E-state index in [0.29, 0.717) is 11.6 Å². The Morgan fingerprint density at radius 2 is 1.94 bits per heavy atom. The Hall–Kier alpha value is -4.07. The zero-order valence-corrected chi connectivity index (χ0v) is 15.8. The van der Waals surface area contributed by atoms with E-state index in [-0.39, 0.29) is 29.9 Å². The highest BCUT2D eigenvalue weighted by molar-refractivity contribution is 5.45. The second-order valence-corrected chi connectivity index (χ2v) is 6.07. The number of nitrogens with zero attached hydrogens (tertiary/aromatic N) is 2. The highest BCUT2D eigenvalue weighted by Crippen LogP contribution is 2.35. The first-order valence-electron chi connectivity index (χ1n) is 8.55. The second-order valence-electron chi connectivity index (χ2n) is 6.07. The van der Waals surface area contributed by atoms with Gasteiger partial charge in [-0.25, -0.2) is 9.18 Å². The molecule has 0 aliphatic rings. The van der Waals surface area contributed by atoms with E-state index in [2.05, 4.69) is 9.97 Å². The summed E-state index contributed by atoms with van der Waals surface area (Å²) in [5.74, 6) is -1.36. The maximum atomic E-state index is 14.4. The zero-order valence-electron chi connectivity index (χ0n) is 15.8. The van der Waals surface area contributed by atoms with Gasteiger partial charge in [0.1, 0.15) is 12.4 Å². The Morgan fingerprint density at radius 3 is 2.58 bits per heavy atom. The van der Waals surface area contributed by atoms with Crippen LogP contribution in [0.1, 0.15) is 16.7 Å². The van der Waals surface area contributed by atoms with Crippen molar-refractivity contribution in [3.05, 3.63) is 75.5 Å². The van der Waals surface area contributed by atoms with Crippen molar-refractivity contribution in [2.45, 2.75) is 12.8 Å². The highest BCUT2D eigenvalue weighted by atomic mass is 19.4. The van der Waals surface area contributed by atoms with Crippen molar-refractivity contribution in [1.29, 1.82) is 5.26 Å². The number of alkyl halides is 3. The number of benzene rings is 2. The van der Waals surface area contributed by atoms with Crippen LogP contribution in [0, 0.1) is 17.1 Å². The van der Waals surface area contributed by atoms with E-state index < -0.39 is 28.8 Å². The van der Waals surface area contributed by atoms with Gasteiger partial charge >= 0.3 is 11.9 Å². The lowest BCUT2D eigenvalue weighted by atomic mass is 10.1. The van der Waals surface area contributed by atoms with Crippen LogP contribution in [0.15, 0.2) is 47.3 Å². The van der Waals surface area contributed by atoms with E-state index in [1.807, 2.05) is 0 Å². The van der Waals surface area contributed by atoms with Gasteiger partial charge in [0.25, 0.3) is 0 Å². The molecular weight excluding hydrogens is 422 g/mol. The summed E-state index contributed by atoms with van der Waals surface area (Å²) in [6.45, 7) is -0.130. The molecule has 2 aromatic carbocycles. The molecule has 0 saturated carbocycles. The third-order valence-corrected chi connectivity index (χ3v) is 3.94. The summed E-state index contributed by atoms with van der Waals surface area (Å²) in [5.41, 5.74) is -2.08. The van der Waals surface area contributed by atoms with Gasteiger partial charge < -0.3 is 14.2 Å². The molecule has 0 unspecified atom stereocenters. The summed E-state index contributed by atoms with van der Waals surface area (Å²) >= 11 is 0. The molecule has 1 heterocycles. The van der Waals surface area contributed by atoms with Gasteiger partial charge in [-0.15, -0.1) is 0 Å². The number of nitrogens with one attached hydrogen (secondary N) is 1. The zero-order chi connectivity index (χ0) is 22.6. The van der Waals surface area contributed by atoms with Crippen molar-refractivity contribution in [2.24, 2.45) is 0 Å². The number of H-pyrrole nitrogens is 1. The second kappa shape index (κ2) is 8.74. The van der Waals surface area contributed by atoms with Crippen LogP contribution in [-0.2, 0) is 12.8 Å². The lowest BCUT2D eigenvalue weighted by molar-refractivity contribution is -0.137. The lowest BCUT2D eigenvalue weighted by Crippen LogP contribution is -2.12. The Balaban J connectivity index is 1.75. The van der Waals surface area contributed by atoms with E-state index >= 15 is 0 Å². The first-order valence-corrected chi connectivity index (χ1v) is 8.55. The van der Waals surface area contributed by atoms with Gasteiger partial charge in [0.15, 0.2) is 11.6 Å². The maximum Gasteiger partial charge on any atom is 0.417 e. The molecule has 0 amide bonds. The molecule has 0 fully saturated rings. The van der Waals surface area contributed by atoms with Crippen molar-refractivity contribution in [3.8, 4) is 29.3 Å². The van der Waals surface area contributed by atoms with Gasteiger partial charge in [0.05, 0.1) is 30.4 Å². The fraction of sp³-hybridized carbons (Fsp3) is 0.150. The van der Waals surface area contributed by atoms with Crippen molar-refractivity contribution in [1.82, 2.24) is 9.97 Å². The van der Waals surface area contributed by atoms with Gasteiger partial charge in [0, 0.05) is 0 Å². The van der Waals surface area contributed by atoms with Crippen LogP contribution in [0.5, 0.6) is 23.3 Å². The van der Waals surface area contributed by atoms with Crippen molar-refractivity contribution < 1.29 is 31.8 Å². The number of rotatable bonds is 6. The number of methoxy groups -OCH3 is 1. The number of ether oxygens (including phenoxy) is 3. The smallest absolute Gasteiger partial charge is 0.417 e. The Kier molecular flexibility index (Phi) is 6.10. The van der Waals surface area contributed by atoms with Gasteiger partial charge in [-0.1, -0.05) is 6.07 Å². The molecule has 31 heavy (non-hydrogen) atoms. The molecule has 11 heteroatoms. The van der Waals surface area contributed by atoms with Crippen LogP contribution < -0.4 is 19.9 Å². The standard InChI is InChI=1S/C20H13F4N3O4/c1-29-17-8-18(27-19(28)26-17)30-10-11-2-5-16(15(21)6-11)31-13-4-3-12(9-25)14(7-13)20(22,23)24/h2-8H,10H2,1H3,(H,26,27,28). The third-order valence-electron chi connectivity index (χ3n) is 3.94. The van der Waals surface area contributed by atoms with Crippen LogP contribution in [0.25, 0.3) is 0 Å². The highest BCUT2D eigenvalue weighted by Gasteiger charge is 2.34. The fourth-order valence-corrected chi connectivity index (χ4v) is 2.52. The summed E-state index contributed by atoms with van der Waals surface area (Å²) < 4.78 is 69.0. The Morgan fingerprint density at radius 1 is 1.16 bits per heavy atom. The van der Waals surface area contributed by atoms with Crippen LogP contribution in [0.3, 0.4) is 0 Å². The fourth-order valence-electron chi connectivity index (χ4n) is 2.52. The molecule has 0 spiro atoms. The number of nitriles is 1. The molecule has 7 nitrogen and oxygen atoms in total. The molecule has 3 rings (SSSR count). The minimum atomic E-state index is -4.76. The van der Waals surface area contributed by atoms with E-state index in [0.717, 1.165) is 18.2 Å². The van der Waals surface area contributed by atoms with Gasteiger partial charge in [-0.2, -0.15) is 23.4 Å².